The number of methoxy groups -OCH3 is 1. The zero-order valence-corrected chi connectivity index (χ0v) is 19.0. The second kappa shape index (κ2) is 13.7. The van der Waals surface area contributed by atoms with Crippen molar-refractivity contribution in [3.05, 3.63) is 65.0 Å². The fourth-order valence-corrected chi connectivity index (χ4v) is 3.30. The van der Waals surface area contributed by atoms with E-state index in [1.807, 2.05) is 43.3 Å². The van der Waals surface area contributed by atoms with Crippen LogP contribution >= 0.6 is 0 Å². The summed E-state index contributed by atoms with van der Waals surface area (Å²) < 4.78 is 5.05. The number of benzene rings is 1. The van der Waals surface area contributed by atoms with Crippen molar-refractivity contribution in [2.75, 3.05) is 30.9 Å². The van der Waals surface area contributed by atoms with Crippen LogP contribution in [-0.4, -0.2) is 37.5 Å². The van der Waals surface area contributed by atoms with Gasteiger partial charge in [0.05, 0.1) is 29.7 Å². The third-order valence-corrected chi connectivity index (χ3v) is 4.83. The van der Waals surface area contributed by atoms with Gasteiger partial charge in [0.15, 0.2) is 0 Å². The number of pyridine rings is 1. The van der Waals surface area contributed by atoms with Gasteiger partial charge in [-0.3, -0.25) is 5.32 Å². The van der Waals surface area contributed by atoms with Gasteiger partial charge in [-0.25, -0.2) is 15.3 Å². The number of ether oxygens (including phenoxy) is 1. The molecule has 7 N–H and O–H groups in total. The second-order valence-electron chi connectivity index (χ2n) is 7.17. The lowest BCUT2D eigenvalue weighted by Gasteiger charge is -2.20. The maximum atomic E-state index is 12.8. The third-order valence-electron chi connectivity index (χ3n) is 4.83. The van der Waals surface area contributed by atoms with Crippen LogP contribution in [0, 0.1) is 10.9 Å². The number of carbonyl (C=O) groups excluding carboxylic acids is 1. The molecule has 10 nitrogen and oxygen atoms in total. The van der Waals surface area contributed by atoms with Crippen molar-refractivity contribution in [2.45, 2.75) is 32.4 Å². The number of allylic oxidation sites excluding steroid dienone is 1. The fraction of sp³-hybridized carbons (Fsp3) is 0.348. The fourth-order valence-electron chi connectivity index (χ4n) is 3.30. The van der Waals surface area contributed by atoms with Crippen molar-refractivity contribution in [2.24, 2.45) is 10.8 Å². The lowest BCUT2D eigenvalue weighted by atomic mass is 10.0. The summed E-state index contributed by atoms with van der Waals surface area (Å²) in [5.74, 6) is 0.282. The van der Waals surface area contributed by atoms with E-state index in [-0.39, 0.29) is 18.4 Å². The van der Waals surface area contributed by atoms with E-state index < -0.39 is 6.03 Å². The Morgan fingerprint density at radius 2 is 2.09 bits per heavy atom. The molecule has 0 radical (unpaired) electrons. The van der Waals surface area contributed by atoms with Crippen molar-refractivity contribution in [3.63, 3.8) is 0 Å². The molecule has 0 bridgehead atoms. The van der Waals surface area contributed by atoms with Gasteiger partial charge >= 0.3 is 6.03 Å². The van der Waals surface area contributed by atoms with E-state index in [0.29, 0.717) is 42.2 Å². The van der Waals surface area contributed by atoms with Gasteiger partial charge in [-0.15, -0.1) is 0 Å². The molecule has 0 aliphatic carbocycles. The van der Waals surface area contributed by atoms with E-state index in [0.717, 1.165) is 12.0 Å². The Balaban J connectivity index is 2.22. The zero-order chi connectivity index (χ0) is 24.1. The summed E-state index contributed by atoms with van der Waals surface area (Å²) in [5.41, 5.74) is 16.5. The summed E-state index contributed by atoms with van der Waals surface area (Å²) in [6.45, 7) is 3.13. The molecular weight excluding hydrogens is 420 g/mol. The van der Waals surface area contributed by atoms with Gasteiger partial charge in [0.2, 0.25) is 0 Å². The second-order valence-corrected chi connectivity index (χ2v) is 7.17. The molecule has 33 heavy (non-hydrogen) atoms. The van der Waals surface area contributed by atoms with Gasteiger partial charge in [-0.1, -0.05) is 43.3 Å². The Kier molecular flexibility index (Phi) is 10.6. The number of urea groups is 1. The molecule has 0 spiro atoms. The minimum absolute atomic E-state index is 0.135. The number of carbonyl (C=O) groups is 1. The summed E-state index contributed by atoms with van der Waals surface area (Å²) >= 11 is 0. The quantitative estimate of drug-likeness (QED) is 0.152. The summed E-state index contributed by atoms with van der Waals surface area (Å²) in [6.07, 6.45) is 4.17. The van der Waals surface area contributed by atoms with Crippen LogP contribution in [0.3, 0.4) is 0 Å². The van der Waals surface area contributed by atoms with Crippen LogP contribution in [0.1, 0.15) is 42.6 Å². The number of rotatable bonds is 13. The van der Waals surface area contributed by atoms with Crippen LogP contribution in [0.25, 0.3) is 0 Å². The average Bonchev–Trinajstić information content (AvgIpc) is 2.84. The van der Waals surface area contributed by atoms with Crippen LogP contribution in [0.15, 0.2) is 53.3 Å². The first-order chi connectivity index (χ1) is 16.1. The molecule has 2 rings (SSSR count). The Hall–Kier alpha value is -3.63. The van der Waals surface area contributed by atoms with E-state index in [2.05, 4.69) is 26.0 Å². The van der Waals surface area contributed by atoms with Gasteiger partial charge in [0, 0.05) is 38.4 Å². The molecule has 0 saturated heterocycles. The largest absolute Gasteiger partial charge is 0.383 e. The summed E-state index contributed by atoms with van der Waals surface area (Å²) in [7, 11) is 1.61. The van der Waals surface area contributed by atoms with Crippen molar-refractivity contribution in [1.29, 1.82) is 10.9 Å². The molecular formula is C23H32N8O2. The topological polar surface area (TPSA) is 161 Å². The molecule has 10 heteroatoms. The van der Waals surface area contributed by atoms with Crippen molar-refractivity contribution in [3.8, 4) is 0 Å². The number of hydrogen-bond acceptors (Lipinski definition) is 8. The number of nitrogens with two attached hydrogens (primary N) is 1. The van der Waals surface area contributed by atoms with Gasteiger partial charge < -0.3 is 26.5 Å². The number of nitrogens with zero attached hydrogens (tertiary/aromatic N) is 2. The number of amides is 2. The van der Waals surface area contributed by atoms with Crippen LogP contribution in [0.4, 0.5) is 16.3 Å². The number of hydrogen-bond donors (Lipinski definition) is 6. The lowest BCUT2D eigenvalue weighted by Crippen LogP contribution is -2.33. The molecule has 1 atom stereocenters. The monoisotopic (exact) mass is 452 g/mol. The molecule has 176 valence electrons. The Morgan fingerprint density at radius 1 is 1.33 bits per heavy atom. The first kappa shape index (κ1) is 25.6. The first-order valence-corrected chi connectivity index (χ1v) is 10.7. The van der Waals surface area contributed by atoms with Gasteiger partial charge in [0.1, 0.15) is 5.82 Å². The van der Waals surface area contributed by atoms with E-state index in [4.69, 9.17) is 21.4 Å². The Morgan fingerprint density at radius 3 is 2.70 bits per heavy atom. The molecule has 1 aromatic carbocycles. The minimum Gasteiger partial charge on any atom is -0.383 e. The van der Waals surface area contributed by atoms with Crippen molar-refractivity contribution >= 4 is 23.8 Å². The Bertz CT molecular complexity index is 962. The van der Waals surface area contributed by atoms with Crippen molar-refractivity contribution < 1.29 is 9.53 Å². The molecule has 0 saturated carbocycles. The van der Waals surface area contributed by atoms with E-state index in [1.54, 1.807) is 13.2 Å². The highest BCUT2D eigenvalue weighted by atomic mass is 16.5. The van der Waals surface area contributed by atoms with E-state index in [1.165, 1.54) is 6.21 Å². The normalized spacial score (nSPS) is 12.0. The van der Waals surface area contributed by atoms with Crippen LogP contribution in [0.2, 0.25) is 0 Å². The molecule has 0 aliphatic heterocycles. The molecule has 1 aromatic heterocycles. The summed E-state index contributed by atoms with van der Waals surface area (Å²) in [5, 5.41) is 20.2. The SMILES string of the molecule is CC/C=C(/CC(NC(=O)Nc1cc(C=N)c(NCCOC)c(CN)n1)c1ccccc1)N=N. The summed E-state index contributed by atoms with van der Waals surface area (Å²) in [4.78, 5) is 17.3. The van der Waals surface area contributed by atoms with Crippen molar-refractivity contribution in [1.82, 2.24) is 10.3 Å². The molecule has 1 heterocycles. The highest BCUT2D eigenvalue weighted by Gasteiger charge is 2.18. The molecule has 0 fully saturated rings. The predicted molar refractivity (Wildman–Crippen MR) is 130 cm³/mol. The van der Waals surface area contributed by atoms with E-state index in [9.17, 15) is 4.79 Å². The highest BCUT2D eigenvalue weighted by Crippen LogP contribution is 2.24. The molecule has 2 amide bonds. The first-order valence-electron chi connectivity index (χ1n) is 10.7. The lowest BCUT2D eigenvalue weighted by molar-refractivity contribution is 0.210. The number of nitrogens with one attached hydrogen (secondary N) is 5. The molecule has 2 aromatic rings. The number of aromatic nitrogens is 1. The maximum absolute atomic E-state index is 12.8. The average molecular weight is 453 g/mol. The van der Waals surface area contributed by atoms with Gasteiger partial charge in [0.25, 0.3) is 0 Å². The number of anilines is 2. The smallest absolute Gasteiger partial charge is 0.320 e. The highest BCUT2D eigenvalue weighted by molar-refractivity contribution is 5.92. The van der Waals surface area contributed by atoms with Gasteiger partial charge in [-0.05, 0) is 18.1 Å². The Labute approximate surface area is 194 Å². The van der Waals surface area contributed by atoms with Gasteiger partial charge in [-0.2, -0.15) is 5.11 Å². The molecule has 0 aliphatic rings. The molecule has 1 unspecified atom stereocenters. The maximum Gasteiger partial charge on any atom is 0.320 e. The van der Waals surface area contributed by atoms with Crippen LogP contribution < -0.4 is 21.7 Å². The zero-order valence-electron chi connectivity index (χ0n) is 19.0. The third kappa shape index (κ3) is 7.78. The standard InChI is InChI=1S/C23H32N8O2/c1-3-7-18(31-26)13-19(16-8-5-4-6-9-16)29-23(32)30-21-12-17(14-24)22(20(15-25)28-21)27-10-11-33-2/h4-9,12,14,19,24,26-27H,3,10-11,13,15,25H2,1-2H3,(H2,28,29,30,32)/b18-7-,24-14?,31-26?. The minimum atomic E-state index is -0.462. The van der Waals surface area contributed by atoms with E-state index >= 15 is 0 Å². The summed E-state index contributed by atoms with van der Waals surface area (Å²) in [6, 6.07) is 10.3. The van der Waals surface area contributed by atoms with Crippen LogP contribution in [-0.2, 0) is 11.3 Å². The van der Waals surface area contributed by atoms with Crippen LogP contribution in [0.5, 0.6) is 0 Å². The predicted octanol–water partition coefficient (Wildman–Crippen LogP) is 4.17.